The summed E-state index contributed by atoms with van der Waals surface area (Å²) < 4.78 is 13.9. The normalized spacial score (nSPS) is 15.8. The molecular weight excluding hydrogens is 795 g/mol. The van der Waals surface area contributed by atoms with Gasteiger partial charge < -0.3 is 9.47 Å². The Morgan fingerprint density at radius 2 is 1.07 bits per heavy atom. The van der Waals surface area contributed by atoms with Crippen LogP contribution in [-0.2, 0) is 32.3 Å². The fraction of sp³-hybridized carbons (Fsp3) is 0.386. The fourth-order valence-corrected chi connectivity index (χ4v) is 12.0. The number of esters is 2. The van der Waals surface area contributed by atoms with Crippen molar-refractivity contribution in [3.63, 3.8) is 0 Å². The molecule has 3 aromatic rings. The number of hydrazine groups is 1. The number of ether oxygens (including phenoxy) is 2. The van der Waals surface area contributed by atoms with Gasteiger partial charge in [-0.05, 0) is 43.7 Å². The number of rotatable bonds is 16. The van der Waals surface area contributed by atoms with Gasteiger partial charge in [0.15, 0.2) is 11.5 Å². The number of hydrogen-bond donors (Lipinski definition) is 0. The van der Waals surface area contributed by atoms with Crippen LogP contribution in [0.25, 0.3) is 0 Å². The first-order chi connectivity index (χ1) is 27.6. The van der Waals surface area contributed by atoms with Gasteiger partial charge in [-0.15, -0.1) is 0 Å². The van der Waals surface area contributed by atoms with E-state index in [0.717, 1.165) is 36.8 Å². The molecule has 57 heavy (non-hydrogen) atoms. The molecule has 9 nitrogen and oxygen atoms in total. The molecular formula is C44H47N3O6S4. The first kappa shape index (κ1) is 42.5. The third-order valence-electron chi connectivity index (χ3n) is 10.1. The number of nitriles is 1. The lowest BCUT2D eigenvalue weighted by Crippen LogP contribution is -2.39. The lowest BCUT2D eigenvalue weighted by Gasteiger charge is -2.27. The van der Waals surface area contributed by atoms with Gasteiger partial charge in [-0.1, -0.05) is 161 Å². The van der Waals surface area contributed by atoms with Gasteiger partial charge in [-0.25, -0.2) is 10.0 Å². The Hall–Kier alpha value is -4.09. The molecule has 3 aliphatic rings. The van der Waals surface area contributed by atoms with Crippen molar-refractivity contribution in [2.24, 2.45) is 11.8 Å². The fourth-order valence-electron chi connectivity index (χ4n) is 6.70. The van der Waals surface area contributed by atoms with Gasteiger partial charge in [0.25, 0.3) is 11.8 Å². The Balaban J connectivity index is 1.50. The number of fused-ring (bicyclic) bond motifs is 2. The smallest absolute Gasteiger partial charge is 0.314 e. The Kier molecular flexibility index (Phi) is 14.6. The molecule has 0 aromatic heterocycles. The third kappa shape index (κ3) is 9.30. The first-order valence-corrected chi connectivity index (χ1v) is 22.9. The molecule has 3 aromatic carbocycles. The van der Waals surface area contributed by atoms with E-state index in [1.165, 1.54) is 57.1 Å². The minimum absolute atomic E-state index is 0.00718. The Morgan fingerprint density at radius 1 is 0.667 bits per heavy atom. The SMILES string of the molecule is CCCCC(CC)C(=O)Oc1c2c(c(OC(=O)C(CC)CCCC)c3c1SC(=C1C(=O)N(Cc4ccccc4)N(Cc4ccccc4)C1=O)S3)SC(=C(C)C#N)S2. The topological polar surface area (TPSA) is 117 Å². The monoisotopic (exact) mass is 841 g/mol. The predicted molar refractivity (Wildman–Crippen MR) is 227 cm³/mol. The minimum atomic E-state index is -0.443. The van der Waals surface area contributed by atoms with Crippen LogP contribution in [0.3, 0.4) is 0 Å². The molecule has 1 fully saturated rings. The number of carbonyl (C=O) groups is 4. The van der Waals surface area contributed by atoms with Gasteiger partial charge in [-0.3, -0.25) is 19.2 Å². The number of amides is 2. The highest BCUT2D eigenvalue weighted by Gasteiger charge is 2.47. The highest BCUT2D eigenvalue weighted by atomic mass is 32.2. The van der Waals surface area contributed by atoms with Crippen molar-refractivity contribution in [2.45, 2.75) is 119 Å². The van der Waals surface area contributed by atoms with E-state index in [1.807, 2.05) is 74.5 Å². The molecule has 6 rings (SSSR count). The van der Waals surface area contributed by atoms with E-state index in [2.05, 4.69) is 19.9 Å². The number of benzene rings is 3. The molecule has 3 aliphatic heterocycles. The van der Waals surface area contributed by atoms with Crippen molar-refractivity contribution in [2.75, 3.05) is 0 Å². The van der Waals surface area contributed by atoms with Crippen LogP contribution in [0.2, 0.25) is 0 Å². The molecule has 0 saturated carbocycles. The second-order valence-corrected chi connectivity index (χ2v) is 18.7. The number of allylic oxidation sites excluding steroid dienone is 1. The van der Waals surface area contributed by atoms with Gasteiger partial charge in [0.05, 0.1) is 59.1 Å². The average molecular weight is 842 g/mol. The van der Waals surface area contributed by atoms with Crippen molar-refractivity contribution in [3.05, 3.63) is 91.4 Å². The zero-order valence-corrected chi connectivity index (χ0v) is 36.2. The number of carbonyl (C=O) groups excluding carboxylic acids is 4. The van der Waals surface area contributed by atoms with Crippen LogP contribution in [0, 0.1) is 23.2 Å². The van der Waals surface area contributed by atoms with E-state index in [-0.39, 0.29) is 42.4 Å². The minimum Gasteiger partial charge on any atom is -0.424 e. The molecule has 0 bridgehead atoms. The first-order valence-electron chi connectivity index (χ1n) is 19.6. The molecule has 0 spiro atoms. The maximum Gasteiger partial charge on any atom is 0.314 e. The Morgan fingerprint density at radius 3 is 1.44 bits per heavy atom. The van der Waals surface area contributed by atoms with Crippen LogP contribution in [0.1, 0.15) is 97.1 Å². The highest BCUT2D eigenvalue weighted by Crippen LogP contribution is 2.68. The molecule has 2 unspecified atom stereocenters. The third-order valence-corrected chi connectivity index (χ3v) is 15.5. The summed E-state index contributed by atoms with van der Waals surface area (Å²) in [5, 5.41) is 12.9. The van der Waals surface area contributed by atoms with Crippen molar-refractivity contribution in [3.8, 4) is 17.6 Å². The van der Waals surface area contributed by atoms with Crippen LogP contribution < -0.4 is 9.47 Å². The van der Waals surface area contributed by atoms with E-state index >= 15 is 0 Å². The van der Waals surface area contributed by atoms with Gasteiger partial charge in [0.2, 0.25) is 0 Å². The number of nitrogens with zero attached hydrogens (tertiary/aromatic N) is 3. The maximum atomic E-state index is 14.6. The van der Waals surface area contributed by atoms with Crippen LogP contribution in [-0.4, -0.2) is 33.8 Å². The zero-order chi connectivity index (χ0) is 40.6. The van der Waals surface area contributed by atoms with Gasteiger partial charge in [0.1, 0.15) is 5.57 Å². The van der Waals surface area contributed by atoms with Crippen molar-refractivity contribution < 1.29 is 28.7 Å². The van der Waals surface area contributed by atoms with E-state index in [9.17, 15) is 24.4 Å². The summed E-state index contributed by atoms with van der Waals surface area (Å²) in [6.45, 7) is 10.2. The predicted octanol–water partition coefficient (Wildman–Crippen LogP) is 11.3. The standard InChI is InChI=1S/C44H47N3O6S4/c1-6-10-22-30(8-3)41(50)52-33-35-36(55-43(54-35)27(5)24-45)34(53-42(51)31(9-4)23-11-7-2)38-37(33)56-44(57-38)32-39(48)46(25-28-18-14-12-15-19-28)47(40(32)49)26-29-20-16-13-17-21-29/h12-21,30-31H,6-11,22-23,25-26H2,1-5H3. The molecule has 2 atom stereocenters. The summed E-state index contributed by atoms with van der Waals surface area (Å²) in [6.07, 6.45) is 6.18. The zero-order valence-electron chi connectivity index (χ0n) is 32.9. The summed E-state index contributed by atoms with van der Waals surface area (Å²) in [5.41, 5.74) is 2.23. The quantitative estimate of drug-likeness (QED) is 0.0451. The van der Waals surface area contributed by atoms with Gasteiger partial charge in [0, 0.05) is 5.57 Å². The van der Waals surface area contributed by atoms with Crippen LogP contribution >= 0.6 is 47.0 Å². The molecule has 0 N–H and O–H groups in total. The van der Waals surface area contributed by atoms with Crippen LogP contribution in [0.4, 0.5) is 0 Å². The second-order valence-electron chi connectivity index (χ2n) is 14.1. The van der Waals surface area contributed by atoms with E-state index in [0.29, 0.717) is 70.8 Å². The molecule has 0 aliphatic carbocycles. The molecule has 0 radical (unpaired) electrons. The van der Waals surface area contributed by atoms with Crippen molar-refractivity contribution in [1.29, 1.82) is 5.26 Å². The summed E-state index contributed by atoms with van der Waals surface area (Å²) in [7, 11) is 0. The molecule has 2 amide bonds. The van der Waals surface area contributed by atoms with Gasteiger partial charge >= 0.3 is 11.9 Å². The molecule has 298 valence electrons. The van der Waals surface area contributed by atoms with E-state index in [4.69, 9.17) is 9.47 Å². The maximum absolute atomic E-state index is 14.6. The average Bonchev–Trinajstić information content (AvgIpc) is 3.92. The largest absolute Gasteiger partial charge is 0.424 e. The lowest BCUT2D eigenvalue weighted by atomic mass is 10.00. The summed E-state index contributed by atoms with van der Waals surface area (Å²) >= 11 is 5.00. The van der Waals surface area contributed by atoms with E-state index in [1.54, 1.807) is 6.92 Å². The molecule has 13 heteroatoms. The van der Waals surface area contributed by atoms with Crippen LogP contribution in [0.5, 0.6) is 11.5 Å². The summed E-state index contributed by atoms with van der Waals surface area (Å²) in [6, 6.07) is 21.3. The Labute approximate surface area is 352 Å². The molecule has 1 saturated heterocycles. The second kappa shape index (κ2) is 19.6. The lowest BCUT2D eigenvalue weighted by molar-refractivity contribution is -0.149. The molecule has 3 heterocycles. The highest BCUT2D eigenvalue weighted by molar-refractivity contribution is 8.26. The number of thioether (sulfide) groups is 4. The van der Waals surface area contributed by atoms with Gasteiger partial charge in [-0.2, -0.15) is 5.26 Å². The number of unbranched alkanes of at least 4 members (excludes halogenated alkanes) is 2. The Bertz CT molecular complexity index is 2000. The van der Waals surface area contributed by atoms with Crippen molar-refractivity contribution in [1.82, 2.24) is 10.0 Å². The van der Waals surface area contributed by atoms with E-state index < -0.39 is 11.8 Å². The summed E-state index contributed by atoms with van der Waals surface area (Å²) in [5.74, 6) is -1.69. The van der Waals surface area contributed by atoms with Crippen LogP contribution in [0.15, 0.2) is 99.9 Å². The number of hydrogen-bond acceptors (Lipinski definition) is 11. The summed E-state index contributed by atoms with van der Waals surface area (Å²) in [4.78, 5) is 59.2. The van der Waals surface area contributed by atoms with Crippen molar-refractivity contribution >= 4 is 70.8 Å².